The van der Waals surface area contributed by atoms with Gasteiger partial charge in [-0.3, -0.25) is 5.10 Å². The molecule has 3 aromatic heterocycles. The predicted molar refractivity (Wildman–Crippen MR) is 171 cm³/mol. The van der Waals surface area contributed by atoms with E-state index in [0.717, 1.165) is 61.4 Å². The van der Waals surface area contributed by atoms with Gasteiger partial charge in [-0.2, -0.15) is 5.10 Å². The number of allylic oxidation sites excluding steroid dienone is 5. The molecule has 5 nitrogen and oxygen atoms in total. The third-order valence-corrected chi connectivity index (χ3v) is 7.18. The molecule has 206 valence electrons. The summed E-state index contributed by atoms with van der Waals surface area (Å²) in [6.45, 7) is 10.2. The van der Waals surface area contributed by atoms with Crippen molar-refractivity contribution >= 4 is 27.5 Å². The number of pyridine rings is 1. The van der Waals surface area contributed by atoms with E-state index in [1.807, 2.05) is 79.7 Å². The first-order chi connectivity index (χ1) is 20.5. The maximum atomic E-state index is 14.0. The van der Waals surface area contributed by atoms with E-state index in [0.29, 0.717) is 12.1 Å². The molecule has 0 saturated carbocycles. The van der Waals surface area contributed by atoms with Gasteiger partial charge < -0.3 is 10.3 Å². The molecule has 0 aliphatic rings. The lowest BCUT2D eigenvalue weighted by atomic mass is 10.0. The van der Waals surface area contributed by atoms with Gasteiger partial charge in [-0.25, -0.2) is 9.37 Å². The van der Waals surface area contributed by atoms with Crippen molar-refractivity contribution in [1.29, 1.82) is 0 Å². The van der Waals surface area contributed by atoms with Crippen LogP contribution in [0.2, 0.25) is 0 Å². The maximum Gasteiger partial charge on any atom is 0.135 e. The smallest absolute Gasteiger partial charge is 0.135 e. The molecule has 0 aliphatic heterocycles. The first-order valence-corrected chi connectivity index (χ1v) is 13.7. The van der Waals surface area contributed by atoms with Crippen LogP contribution in [0.1, 0.15) is 18.2 Å². The molecule has 0 unspecified atom stereocenters. The number of halogens is 1. The molecular weight excluding hydrogens is 521 g/mol. The Morgan fingerprint density at radius 2 is 1.79 bits per heavy atom. The summed E-state index contributed by atoms with van der Waals surface area (Å²) < 4.78 is 14.0. The number of nitrogens with one attached hydrogen (secondary N) is 3. The average Bonchev–Trinajstić information content (AvgIpc) is 3.63. The van der Waals surface area contributed by atoms with E-state index in [2.05, 4.69) is 45.8 Å². The van der Waals surface area contributed by atoms with Crippen LogP contribution >= 0.6 is 0 Å². The van der Waals surface area contributed by atoms with Crippen molar-refractivity contribution in [2.24, 2.45) is 0 Å². The Hall–Kier alpha value is -5.49. The lowest BCUT2D eigenvalue weighted by molar-refractivity contribution is 0.628. The predicted octanol–water partition coefficient (Wildman–Crippen LogP) is 8.73. The normalized spacial score (nSPS) is 12.1. The van der Waals surface area contributed by atoms with E-state index >= 15 is 0 Å². The first-order valence-electron chi connectivity index (χ1n) is 13.7. The van der Waals surface area contributed by atoms with Gasteiger partial charge in [0.1, 0.15) is 17.0 Å². The number of aromatic amines is 2. The molecule has 0 atom stereocenters. The van der Waals surface area contributed by atoms with Crippen LogP contribution in [0.3, 0.4) is 0 Å². The summed E-state index contributed by atoms with van der Waals surface area (Å²) in [4.78, 5) is 8.50. The molecule has 3 N–H and O–H groups in total. The van der Waals surface area contributed by atoms with Gasteiger partial charge in [0.05, 0.1) is 16.9 Å². The highest BCUT2D eigenvalue weighted by atomic mass is 19.1. The molecular formula is C36H30FN5. The third-order valence-electron chi connectivity index (χ3n) is 7.18. The Balaban J connectivity index is 1.32. The Morgan fingerprint density at radius 1 is 0.952 bits per heavy atom. The number of benzene rings is 3. The third kappa shape index (κ3) is 5.43. The fourth-order valence-corrected chi connectivity index (χ4v) is 5.15. The van der Waals surface area contributed by atoms with Crippen LogP contribution in [0.25, 0.3) is 50.0 Å². The second kappa shape index (κ2) is 11.6. The van der Waals surface area contributed by atoms with Gasteiger partial charge in [-0.05, 0) is 77.7 Å². The Morgan fingerprint density at radius 3 is 2.57 bits per heavy atom. The summed E-state index contributed by atoms with van der Waals surface area (Å²) in [5.41, 5.74) is 10.5. The summed E-state index contributed by atoms with van der Waals surface area (Å²) >= 11 is 0. The molecule has 0 radical (unpaired) electrons. The molecule has 0 amide bonds. The van der Waals surface area contributed by atoms with E-state index in [-0.39, 0.29) is 5.82 Å². The van der Waals surface area contributed by atoms with Gasteiger partial charge in [0, 0.05) is 28.7 Å². The van der Waals surface area contributed by atoms with Crippen LogP contribution in [0, 0.1) is 5.82 Å². The highest BCUT2D eigenvalue weighted by Crippen LogP contribution is 2.34. The van der Waals surface area contributed by atoms with Crippen molar-refractivity contribution in [3.63, 3.8) is 0 Å². The minimum Gasteiger partial charge on any atom is -0.359 e. The van der Waals surface area contributed by atoms with Crippen LogP contribution in [0.5, 0.6) is 0 Å². The second-order valence-electron chi connectivity index (χ2n) is 10.1. The highest BCUT2D eigenvalue weighted by molar-refractivity contribution is 6.00. The quantitative estimate of drug-likeness (QED) is 0.157. The summed E-state index contributed by atoms with van der Waals surface area (Å²) in [5, 5.41) is 12.1. The van der Waals surface area contributed by atoms with Gasteiger partial charge >= 0.3 is 0 Å². The van der Waals surface area contributed by atoms with Crippen LogP contribution < -0.4 is 5.32 Å². The van der Waals surface area contributed by atoms with Gasteiger partial charge in [0.15, 0.2) is 0 Å². The van der Waals surface area contributed by atoms with Crippen molar-refractivity contribution in [1.82, 2.24) is 25.5 Å². The van der Waals surface area contributed by atoms with Gasteiger partial charge in [0.2, 0.25) is 0 Å². The molecule has 3 aromatic carbocycles. The van der Waals surface area contributed by atoms with E-state index in [9.17, 15) is 4.39 Å². The number of fused-ring (bicyclic) bond motifs is 2. The highest BCUT2D eigenvalue weighted by Gasteiger charge is 2.16. The number of rotatable bonds is 9. The van der Waals surface area contributed by atoms with Gasteiger partial charge in [-0.15, -0.1) is 0 Å². The zero-order valence-electron chi connectivity index (χ0n) is 23.3. The largest absolute Gasteiger partial charge is 0.359 e. The Bertz CT molecular complexity index is 1990. The number of hydrogen-bond donors (Lipinski definition) is 3. The van der Waals surface area contributed by atoms with Crippen LogP contribution in [-0.2, 0) is 6.42 Å². The maximum absolute atomic E-state index is 14.0. The zero-order valence-corrected chi connectivity index (χ0v) is 23.3. The van der Waals surface area contributed by atoms with Gasteiger partial charge in [0.25, 0.3) is 0 Å². The molecule has 0 bridgehead atoms. The lowest BCUT2D eigenvalue weighted by Gasteiger charge is -2.12. The SMILES string of the molecule is C=C/C(=C\C(=C/C)c1ccc2[nH]nc(-c3cc4c(-c5cccc(F)c5)cccc4[nH]3)c2n1)NC(=C)Cc1ccccc1. The summed E-state index contributed by atoms with van der Waals surface area (Å²) in [7, 11) is 0. The fourth-order valence-electron chi connectivity index (χ4n) is 5.15. The van der Waals surface area contributed by atoms with Crippen LogP contribution in [0.4, 0.5) is 4.39 Å². The molecule has 0 spiro atoms. The zero-order chi connectivity index (χ0) is 29.1. The van der Waals surface area contributed by atoms with Crippen molar-refractivity contribution in [3.8, 4) is 22.5 Å². The van der Waals surface area contributed by atoms with Crippen molar-refractivity contribution in [2.45, 2.75) is 13.3 Å². The van der Waals surface area contributed by atoms with Gasteiger partial charge in [-0.1, -0.05) is 73.8 Å². The number of H-pyrrole nitrogens is 2. The van der Waals surface area contributed by atoms with Crippen LogP contribution in [0.15, 0.2) is 134 Å². The molecule has 6 heteroatoms. The summed E-state index contributed by atoms with van der Waals surface area (Å²) in [5.74, 6) is -0.264. The molecule has 0 fully saturated rings. The number of nitrogens with zero attached hydrogens (tertiary/aromatic N) is 2. The fraction of sp³-hybridized carbons (Fsp3) is 0.0556. The van der Waals surface area contributed by atoms with Crippen molar-refractivity contribution in [2.75, 3.05) is 0 Å². The minimum atomic E-state index is -0.264. The lowest BCUT2D eigenvalue weighted by Crippen LogP contribution is -2.12. The molecule has 3 heterocycles. The standard InChI is InChI=1S/C36H30FN5/c1-4-25(21-28(5-2)38-23(3)19-24-11-7-6-8-12-24)31-17-18-33-35(40-31)36(42-41-33)34-22-30-29(15-10-16-32(30)39-34)26-13-9-14-27(37)20-26/h4-18,20-22,38-39H,2-3,19H2,1H3,(H,41,42)/b25-4+,28-21+. The van der Waals surface area contributed by atoms with E-state index in [4.69, 9.17) is 4.98 Å². The van der Waals surface area contributed by atoms with Crippen molar-refractivity contribution < 1.29 is 4.39 Å². The Labute approximate surface area is 243 Å². The van der Waals surface area contributed by atoms with E-state index < -0.39 is 0 Å². The second-order valence-corrected chi connectivity index (χ2v) is 10.1. The molecule has 0 saturated heterocycles. The summed E-state index contributed by atoms with van der Waals surface area (Å²) in [6.07, 6.45) is 6.53. The molecule has 0 aliphatic carbocycles. The molecule has 42 heavy (non-hydrogen) atoms. The first kappa shape index (κ1) is 26.7. The number of aromatic nitrogens is 4. The van der Waals surface area contributed by atoms with E-state index in [1.165, 1.54) is 11.6 Å². The monoisotopic (exact) mass is 551 g/mol. The Kier molecular flexibility index (Phi) is 7.35. The molecule has 6 aromatic rings. The molecule has 6 rings (SSSR count). The van der Waals surface area contributed by atoms with Crippen molar-refractivity contribution in [3.05, 3.63) is 151 Å². The van der Waals surface area contributed by atoms with Crippen LogP contribution in [-0.4, -0.2) is 20.2 Å². The summed E-state index contributed by atoms with van der Waals surface area (Å²) in [6, 6.07) is 28.8. The van der Waals surface area contributed by atoms with E-state index in [1.54, 1.807) is 18.2 Å². The topological polar surface area (TPSA) is 69.4 Å². The minimum absolute atomic E-state index is 0.264. The number of hydrogen-bond acceptors (Lipinski definition) is 3. The average molecular weight is 552 g/mol.